The average molecular weight is 241 g/mol. The molecule has 1 atom stereocenters. The Balaban J connectivity index is 2.08. The maximum absolute atomic E-state index is 5.35. The van der Waals surface area contributed by atoms with E-state index in [1.54, 1.807) is 7.11 Å². The molecule has 18 heavy (non-hydrogen) atoms. The summed E-state index contributed by atoms with van der Waals surface area (Å²) in [5.74, 6) is 0.916. The summed E-state index contributed by atoms with van der Waals surface area (Å²) >= 11 is 0. The van der Waals surface area contributed by atoms with E-state index in [0.29, 0.717) is 0 Å². The molecule has 1 N–H and O–H groups in total. The minimum Gasteiger partial charge on any atom is -0.496 e. The van der Waals surface area contributed by atoms with E-state index in [9.17, 15) is 0 Å². The Morgan fingerprint density at radius 2 is 2.22 bits per heavy atom. The number of hydrogen-bond acceptors (Lipinski definition) is 2. The van der Waals surface area contributed by atoms with Crippen LogP contribution in [0.15, 0.2) is 61.2 Å². The lowest BCUT2D eigenvalue weighted by Gasteiger charge is -2.29. The van der Waals surface area contributed by atoms with Crippen LogP contribution in [-0.4, -0.2) is 12.6 Å². The molecule has 0 aliphatic heterocycles. The zero-order valence-electron chi connectivity index (χ0n) is 10.7. The van der Waals surface area contributed by atoms with Gasteiger partial charge in [0, 0.05) is 12.1 Å². The quantitative estimate of drug-likeness (QED) is 0.799. The summed E-state index contributed by atoms with van der Waals surface area (Å²) in [6.45, 7) is 4.69. The van der Waals surface area contributed by atoms with Gasteiger partial charge in [-0.05, 0) is 12.5 Å². The van der Waals surface area contributed by atoms with Gasteiger partial charge < -0.3 is 10.1 Å². The third-order valence-corrected chi connectivity index (χ3v) is 3.26. The molecule has 2 rings (SSSR count). The molecule has 1 aliphatic rings. The lowest BCUT2D eigenvalue weighted by atomic mass is 9.91. The fraction of sp³-hybridized carbons (Fsp3) is 0.250. The molecule has 0 spiro atoms. The van der Waals surface area contributed by atoms with Gasteiger partial charge in [-0.15, -0.1) is 6.58 Å². The molecule has 0 radical (unpaired) electrons. The number of methoxy groups -OCH3 is 1. The van der Waals surface area contributed by atoms with Crippen molar-refractivity contribution in [2.45, 2.75) is 18.5 Å². The van der Waals surface area contributed by atoms with E-state index in [4.69, 9.17) is 4.74 Å². The van der Waals surface area contributed by atoms with E-state index >= 15 is 0 Å². The largest absolute Gasteiger partial charge is 0.496 e. The molecule has 0 amide bonds. The van der Waals surface area contributed by atoms with Gasteiger partial charge in [-0.2, -0.15) is 0 Å². The zero-order chi connectivity index (χ0) is 12.8. The SMILES string of the molecule is C=C[C@@]1(NCc2ccccc2OC)C=CC=CC1. The molecular formula is C16H19NO. The Hall–Kier alpha value is -1.80. The summed E-state index contributed by atoms with van der Waals surface area (Å²) < 4.78 is 5.35. The number of ether oxygens (including phenoxy) is 1. The molecule has 0 heterocycles. The number of rotatable bonds is 5. The molecule has 0 bridgehead atoms. The monoisotopic (exact) mass is 241 g/mol. The second-order valence-electron chi connectivity index (χ2n) is 4.40. The van der Waals surface area contributed by atoms with Crippen molar-refractivity contribution >= 4 is 0 Å². The van der Waals surface area contributed by atoms with Crippen molar-refractivity contribution in [3.63, 3.8) is 0 Å². The number of benzene rings is 1. The van der Waals surface area contributed by atoms with Crippen LogP contribution < -0.4 is 10.1 Å². The summed E-state index contributed by atoms with van der Waals surface area (Å²) in [7, 11) is 1.70. The van der Waals surface area contributed by atoms with Crippen LogP contribution in [0.5, 0.6) is 5.75 Å². The average Bonchev–Trinajstić information content (AvgIpc) is 2.46. The highest BCUT2D eigenvalue weighted by molar-refractivity contribution is 5.34. The Bertz CT molecular complexity index is 476. The summed E-state index contributed by atoms with van der Waals surface area (Å²) in [4.78, 5) is 0. The van der Waals surface area contributed by atoms with E-state index in [2.05, 4.69) is 42.3 Å². The molecule has 2 heteroatoms. The normalized spacial score (nSPS) is 21.8. The maximum atomic E-state index is 5.35. The minimum absolute atomic E-state index is 0.143. The molecule has 0 fully saturated rings. The van der Waals surface area contributed by atoms with Gasteiger partial charge in [0.15, 0.2) is 0 Å². The first-order valence-corrected chi connectivity index (χ1v) is 6.14. The van der Waals surface area contributed by atoms with Crippen molar-refractivity contribution in [2.75, 3.05) is 7.11 Å². The van der Waals surface area contributed by atoms with E-state index in [1.165, 1.54) is 0 Å². The predicted octanol–water partition coefficient (Wildman–Crippen LogP) is 3.23. The maximum Gasteiger partial charge on any atom is 0.123 e. The van der Waals surface area contributed by atoms with Crippen LogP contribution in [0.1, 0.15) is 12.0 Å². The van der Waals surface area contributed by atoms with Crippen LogP contribution >= 0.6 is 0 Å². The topological polar surface area (TPSA) is 21.3 Å². The highest BCUT2D eigenvalue weighted by Crippen LogP contribution is 2.22. The first kappa shape index (κ1) is 12.7. The number of hydrogen-bond donors (Lipinski definition) is 1. The highest BCUT2D eigenvalue weighted by Gasteiger charge is 2.22. The lowest BCUT2D eigenvalue weighted by molar-refractivity contribution is 0.402. The number of para-hydroxylation sites is 1. The second-order valence-corrected chi connectivity index (χ2v) is 4.40. The van der Waals surface area contributed by atoms with Crippen molar-refractivity contribution in [3.8, 4) is 5.75 Å². The summed E-state index contributed by atoms with van der Waals surface area (Å²) in [6, 6.07) is 8.06. The molecule has 1 aromatic carbocycles. The first-order valence-electron chi connectivity index (χ1n) is 6.14. The van der Waals surface area contributed by atoms with Gasteiger partial charge in [-0.3, -0.25) is 0 Å². The summed E-state index contributed by atoms with van der Waals surface area (Å²) in [5, 5.41) is 3.54. The van der Waals surface area contributed by atoms with Crippen LogP contribution in [0.4, 0.5) is 0 Å². The zero-order valence-corrected chi connectivity index (χ0v) is 10.7. The predicted molar refractivity (Wildman–Crippen MR) is 75.7 cm³/mol. The smallest absolute Gasteiger partial charge is 0.123 e. The van der Waals surface area contributed by atoms with Crippen LogP contribution in [0.25, 0.3) is 0 Å². The van der Waals surface area contributed by atoms with Crippen molar-refractivity contribution in [3.05, 3.63) is 66.8 Å². The van der Waals surface area contributed by atoms with Crippen LogP contribution in [-0.2, 0) is 6.54 Å². The van der Waals surface area contributed by atoms with Crippen molar-refractivity contribution in [1.29, 1.82) is 0 Å². The molecule has 0 aromatic heterocycles. The first-order chi connectivity index (χ1) is 8.79. The van der Waals surface area contributed by atoms with Crippen LogP contribution in [0.3, 0.4) is 0 Å². The molecule has 94 valence electrons. The van der Waals surface area contributed by atoms with Gasteiger partial charge in [0.1, 0.15) is 5.75 Å². The van der Waals surface area contributed by atoms with E-state index in [0.717, 1.165) is 24.3 Å². The molecule has 0 saturated heterocycles. The van der Waals surface area contributed by atoms with Crippen LogP contribution in [0, 0.1) is 0 Å². The number of nitrogens with one attached hydrogen (secondary N) is 1. The summed E-state index contributed by atoms with van der Waals surface area (Å²) in [5.41, 5.74) is 1.01. The fourth-order valence-corrected chi connectivity index (χ4v) is 2.10. The lowest BCUT2D eigenvalue weighted by Crippen LogP contribution is -2.41. The highest BCUT2D eigenvalue weighted by atomic mass is 16.5. The fourth-order valence-electron chi connectivity index (χ4n) is 2.10. The molecule has 1 aromatic rings. The van der Waals surface area contributed by atoms with Crippen LogP contribution in [0.2, 0.25) is 0 Å². The molecule has 0 unspecified atom stereocenters. The van der Waals surface area contributed by atoms with E-state index in [1.807, 2.05) is 24.3 Å². The molecule has 1 aliphatic carbocycles. The third-order valence-electron chi connectivity index (χ3n) is 3.26. The van der Waals surface area contributed by atoms with Gasteiger partial charge in [-0.25, -0.2) is 0 Å². The minimum atomic E-state index is -0.143. The summed E-state index contributed by atoms with van der Waals surface area (Å²) in [6.07, 6.45) is 11.3. The Morgan fingerprint density at radius 3 is 2.89 bits per heavy atom. The second kappa shape index (κ2) is 5.69. The Morgan fingerprint density at radius 1 is 1.39 bits per heavy atom. The van der Waals surface area contributed by atoms with Gasteiger partial charge >= 0.3 is 0 Å². The molecule has 0 saturated carbocycles. The van der Waals surface area contributed by atoms with E-state index < -0.39 is 0 Å². The van der Waals surface area contributed by atoms with Gasteiger partial charge in [0.2, 0.25) is 0 Å². The van der Waals surface area contributed by atoms with Gasteiger partial charge in [-0.1, -0.05) is 48.6 Å². The Kier molecular flexibility index (Phi) is 4.00. The van der Waals surface area contributed by atoms with Gasteiger partial charge in [0.25, 0.3) is 0 Å². The Labute approximate surface area is 109 Å². The van der Waals surface area contributed by atoms with Crippen molar-refractivity contribution in [1.82, 2.24) is 5.32 Å². The van der Waals surface area contributed by atoms with Crippen molar-refractivity contribution in [2.24, 2.45) is 0 Å². The van der Waals surface area contributed by atoms with Gasteiger partial charge in [0.05, 0.1) is 12.6 Å². The third kappa shape index (κ3) is 2.71. The molecular weight excluding hydrogens is 222 g/mol. The molecule has 2 nitrogen and oxygen atoms in total. The standard InChI is InChI=1S/C16H19NO/c1-3-16(11-7-4-8-12-16)17-13-14-9-5-6-10-15(14)18-2/h3-11,17H,1,12-13H2,2H3/t16-/m1/s1. The number of allylic oxidation sites excluding steroid dienone is 2. The van der Waals surface area contributed by atoms with E-state index in [-0.39, 0.29) is 5.54 Å². The van der Waals surface area contributed by atoms with Crippen molar-refractivity contribution < 1.29 is 4.74 Å².